The van der Waals surface area contributed by atoms with Crippen molar-refractivity contribution in [2.24, 2.45) is 0 Å². The third kappa shape index (κ3) is 4.01. The van der Waals surface area contributed by atoms with Gasteiger partial charge < -0.3 is 5.11 Å². The minimum Gasteiger partial charge on any atom is -0.387 e. The fourth-order valence-corrected chi connectivity index (χ4v) is 3.92. The summed E-state index contributed by atoms with van der Waals surface area (Å²) in [7, 11) is -3.26. The van der Waals surface area contributed by atoms with Gasteiger partial charge in [-0.15, -0.1) is 0 Å². The fourth-order valence-electron chi connectivity index (χ4n) is 2.79. The molecule has 0 aromatic heterocycles. The Hall–Kier alpha value is -1.09. The van der Waals surface area contributed by atoms with Crippen LogP contribution in [0.15, 0.2) is 18.2 Å². The highest BCUT2D eigenvalue weighted by molar-refractivity contribution is 7.88. The number of β-amino-alcohol motifs (C(OH)–C–C–N with tert-alkyl or cyclic N) is 1. The van der Waals surface area contributed by atoms with Crippen LogP contribution in [0, 0.1) is 11.6 Å². The molecule has 124 valence electrons. The van der Waals surface area contributed by atoms with Gasteiger partial charge in [0.25, 0.3) is 0 Å². The van der Waals surface area contributed by atoms with Gasteiger partial charge in [0.05, 0.1) is 12.4 Å². The van der Waals surface area contributed by atoms with E-state index in [1.165, 1.54) is 4.31 Å². The molecule has 1 heterocycles. The molecule has 1 N–H and O–H groups in total. The molecule has 2 atom stereocenters. The van der Waals surface area contributed by atoms with E-state index in [9.17, 15) is 22.3 Å². The van der Waals surface area contributed by atoms with Crippen LogP contribution in [0.5, 0.6) is 0 Å². The molecule has 1 saturated heterocycles. The van der Waals surface area contributed by atoms with Crippen molar-refractivity contribution in [1.29, 1.82) is 0 Å². The lowest BCUT2D eigenvalue weighted by atomic mass is 10.1. The highest BCUT2D eigenvalue weighted by Gasteiger charge is 2.30. The van der Waals surface area contributed by atoms with Crippen molar-refractivity contribution in [3.05, 3.63) is 35.4 Å². The Morgan fingerprint density at radius 3 is 2.64 bits per heavy atom. The summed E-state index contributed by atoms with van der Waals surface area (Å²) in [5, 5.41) is 10.1. The van der Waals surface area contributed by atoms with E-state index in [4.69, 9.17) is 0 Å². The lowest BCUT2D eigenvalue weighted by molar-refractivity contribution is 0.0733. The average molecular weight is 334 g/mol. The van der Waals surface area contributed by atoms with Gasteiger partial charge in [-0.05, 0) is 25.1 Å². The van der Waals surface area contributed by atoms with Gasteiger partial charge in [0.1, 0.15) is 11.6 Å². The first-order chi connectivity index (χ1) is 10.2. The molecule has 8 heteroatoms. The molecule has 22 heavy (non-hydrogen) atoms. The fraction of sp³-hybridized carbons (Fsp3) is 0.571. The lowest BCUT2D eigenvalue weighted by Gasteiger charge is -2.39. The van der Waals surface area contributed by atoms with Crippen LogP contribution in [0.1, 0.15) is 18.6 Å². The minimum absolute atomic E-state index is 0.0850. The maximum Gasteiger partial charge on any atom is 0.211 e. The summed E-state index contributed by atoms with van der Waals surface area (Å²) in [4.78, 5) is 1.85. The van der Waals surface area contributed by atoms with Crippen molar-refractivity contribution >= 4 is 10.0 Å². The second-order valence-electron chi connectivity index (χ2n) is 5.66. The molecule has 2 rings (SSSR count). The number of hydrogen-bond acceptors (Lipinski definition) is 4. The second-order valence-corrected chi connectivity index (χ2v) is 7.60. The van der Waals surface area contributed by atoms with Crippen LogP contribution in [0.3, 0.4) is 0 Å². The third-order valence-corrected chi connectivity index (χ3v) is 5.22. The van der Waals surface area contributed by atoms with Crippen LogP contribution < -0.4 is 0 Å². The number of hydrogen-bond donors (Lipinski definition) is 1. The van der Waals surface area contributed by atoms with Gasteiger partial charge in [-0.2, -0.15) is 4.31 Å². The summed E-state index contributed by atoms with van der Waals surface area (Å²) in [5.41, 5.74) is -0.0850. The monoisotopic (exact) mass is 334 g/mol. The smallest absolute Gasteiger partial charge is 0.211 e. The molecule has 5 nitrogen and oxygen atoms in total. The van der Waals surface area contributed by atoms with Gasteiger partial charge in [0.2, 0.25) is 10.0 Å². The van der Waals surface area contributed by atoms with Gasteiger partial charge >= 0.3 is 0 Å². The number of aliphatic hydroxyl groups is 1. The molecule has 0 bridgehead atoms. The lowest BCUT2D eigenvalue weighted by Crippen LogP contribution is -2.54. The van der Waals surface area contributed by atoms with Crippen LogP contribution in [0.2, 0.25) is 0 Å². The SMILES string of the molecule is C[C@H]1CN(CC(O)c2cc(F)ccc2F)CCN1S(C)(=O)=O. The van der Waals surface area contributed by atoms with Gasteiger partial charge in [0, 0.05) is 37.8 Å². The minimum atomic E-state index is -3.26. The zero-order chi connectivity index (χ0) is 16.5. The Balaban J connectivity index is 2.02. The average Bonchev–Trinajstić information content (AvgIpc) is 2.40. The van der Waals surface area contributed by atoms with Crippen molar-refractivity contribution in [2.45, 2.75) is 19.1 Å². The Bertz CT molecular complexity index is 639. The third-order valence-electron chi connectivity index (χ3n) is 3.82. The van der Waals surface area contributed by atoms with Gasteiger partial charge in [0.15, 0.2) is 0 Å². The molecule has 1 aliphatic rings. The number of nitrogens with zero attached hydrogens (tertiary/aromatic N) is 2. The van der Waals surface area contributed by atoms with Crippen LogP contribution in [0.25, 0.3) is 0 Å². The zero-order valence-electron chi connectivity index (χ0n) is 12.5. The van der Waals surface area contributed by atoms with E-state index in [2.05, 4.69) is 0 Å². The van der Waals surface area contributed by atoms with Crippen molar-refractivity contribution in [1.82, 2.24) is 9.21 Å². The van der Waals surface area contributed by atoms with E-state index in [0.717, 1.165) is 24.5 Å². The number of sulfonamides is 1. The molecule has 0 radical (unpaired) electrons. The summed E-state index contributed by atoms with van der Waals surface area (Å²) in [6.45, 7) is 3.09. The molecule has 1 unspecified atom stereocenters. The molecule has 1 fully saturated rings. The van der Waals surface area contributed by atoms with E-state index in [1.807, 2.05) is 4.90 Å². The number of piperazine rings is 1. The van der Waals surface area contributed by atoms with E-state index in [0.29, 0.717) is 19.6 Å². The highest BCUT2D eigenvalue weighted by Crippen LogP contribution is 2.21. The number of rotatable bonds is 4. The van der Waals surface area contributed by atoms with Gasteiger partial charge in [-0.25, -0.2) is 17.2 Å². The summed E-state index contributed by atoms with van der Waals surface area (Å²) < 4.78 is 51.4. The van der Waals surface area contributed by atoms with Gasteiger partial charge in [-0.1, -0.05) is 0 Å². The molecule has 1 aromatic rings. The molecular formula is C14H20F2N2O3S. The van der Waals surface area contributed by atoms with Crippen molar-refractivity contribution in [3.63, 3.8) is 0 Å². The summed E-state index contributed by atoms with van der Waals surface area (Å²) in [6, 6.07) is 2.74. The molecule has 1 aromatic carbocycles. The van der Waals surface area contributed by atoms with Gasteiger partial charge in [-0.3, -0.25) is 4.90 Å². The van der Waals surface area contributed by atoms with Crippen LogP contribution in [0.4, 0.5) is 8.78 Å². The first-order valence-corrected chi connectivity index (χ1v) is 8.85. The van der Waals surface area contributed by atoms with Crippen molar-refractivity contribution in [2.75, 3.05) is 32.4 Å². The number of halogens is 2. The summed E-state index contributed by atoms with van der Waals surface area (Å²) in [5.74, 6) is -1.26. The largest absolute Gasteiger partial charge is 0.387 e. The quantitative estimate of drug-likeness (QED) is 0.891. The predicted molar refractivity (Wildman–Crippen MR) is 78.8 cm³/mol. The Labute approximate surface area is 129 Å². The molecular weight excluding hydrogens is 314 g/mol. The standard InChI is InChI=1S/C14H20F2N2O3S/c1-10-8-17(5-6-18(10)22(2,20)21)9-14(19)12-7-11(15)3-4-13(12)16/h3-4,7,10,14,19H,5-6,8-9H2,1-2H3/t10-,14?/m0/s1. The molecule has 1 aliphatic heterocycles. The Morgan fingerprint density at radius 1 is 1.36 bits per heavy atom. The first-order valence-electron chi connectivity index (χ1n) is 7.00. The van der Waals surface area contributed by atoms with Crippen LogP contribution in [-0.4, -0.2) is 61.2 Å². The van der Waals surface area contributed by atoms with Crippen molar-refractivity contribution in [3.8, 4) is 0 Å². The number of aliphatic hydroxyl groups excluding tert-OH is 1. The zero-order valence-corrected chi connectivity index (χ0v) is 13.4. The second kappa shape index (κ2) is 6.57. The maximum absolute atomic E-state index is 13.6. The topological polar surface area (TPSA) is 60.9 Å². The van der Waals surface area contributed by atoms with Crippen LogP contribution >= 0.6 is 0 Å². The van der Waals surface area contributed by atoms with Crippen LogP contribution in [-0.2, 0) is 10.0 Å². The summed E-state index contributed by atoms with van der Waals surface area (Å²) in [6.07, 6.45) is 0.00327. The Kier molecular flexibility index (Phi) is 5.16. The van der Waals surface area contributed by atoms with E-state index >= 15 is 0 Å². The molecule has 0 saturated carbocycles. The first kappa shape index (κ1) is 17.3. The highest BCUT2D eigenvalue weighted by atomic mass is 32.2. The van der Waals surface area contributed by atoms with E-state index in [1.54, 1.807) is 6.92 Å². The van der Waals surface area contributed by atoms with E-state index in [-0.39, 0.29) is 18.2 Å². The Morgan fingerprint density at radius 2 is 2.05 bits per heavy atom. The number of benzene rings is 1. The molecule has 0 spiro atoms. The van der Waals surface area contributed by atoms with E-state index < -0.39 is 27.8 Å². The summed E-state index contributed by atoms with van der Waals surface area (Å²) >= 11 is 0. The normalized spacial score (nSPS) is 22.7. The van der Waals surface area contributed by atoms with Crippen molar-refractivity contribution < 1.29 is 22.3 Å². The maximum atomic E-state index is 13.6. The molecule has 0 aliphatic carbocycles. The molecule has 0 amide bonds. The predicted octanol–water partition coefficient (Wildman–Crippen LogP) is 0.964.